The summed E-state index contributed by atoms with van der Waals surface area (Å²) in [6.45, 7) is 5.38. The van der Waals surface area contributed by atoms with E-state index in [4.69, 9.17) is 16.3 Å². The van der Waals surface area contributed by atoms with Gasteiger partial charge in [0.1, 0.15) is 5.75 Å². The smallest absolute Gasteiger partial charge is 0.180 e. The lowest BCUT2D eigenvalue weighted by atomic mass is 10.1. The SMILES string of the molecule is CC(Cl)(CCN1CCCCC1)Oc1ccccc1. The van der Waals surface area contributed by atoms with Crippen molar-refractivity contribution in [3.63, 3.8) is 0 Å². The fourth-order valence-electron chi connectivity index (χ4n) is 2.33. The molecule has 1 heterocycles. The molecule has 18 heavy (non-hydrogen) atoms. The molecule has 1 saturated heterocycles. The van der Waals surface area contributed by atoms with E-state index in [9.17, 15) is 0 Å². The maximum Gasteiger partial charge on any atom is 0.180 e. The zero-order valence-electron chi connectivity index (χ0n) is 11.1. The van der Waals surface area contributed by atoms with E-state index in [0.717, 1.165) is 18.7 Å². The van der Waals surface area contributed by atoms with Crippen LogP contribution in [0.5, 0.6) is 5.75 Å². The summed E-state index contributed by atoms with van der Waals surface area (Å²) in [7, 11) is 0. The minimum absolute atomic E-state index is 0.612. The second-order valence-corrected chi connectivity index (χ2v) is 5.97. The van der Waals surface area contributed by atoms with Gasteiger partial charge < -0.3 is 9.64 Å². The molecule has 1 aliphatic heterocycles. The van der Waals surface area contributed by atoms with Gasteiger partial charge in [0.2, 0.25) is 0 Å². The molecule has 0 N–H and O–H groups in total. The van der Waals surface area contributed by atoms with Crippen molar-refractivity contribution in [2.45, 2.75) is 37.7 Å². The third kappa shape index (κ3) is 4.51. The van der Waals surface area contributed by atoms with E-state index in [-0.39, 0.29) is 0 Å². The van der Waals surface area contributed by atoms with Crippen molar-refractivity contribution in [1.29, 1.82) is 0 Å². The fourth-order valence-corrected chi connectivity index (χ4v) is 2.50. The van der Waals surface area contributed by atoms with Gasteiger partial charge in [0, 0.05) is 13.0 Å². The molecule has 2 nitrogen and oxygen atoms in total. The van der Waals surface area contributed by atoms with Crippen molar-refractivity contribution in [2.75, 3.05) is 19.6 Å². The molecule has 0 aromatic heterocycles. The molecule has 0 radical (unpaired) electrons. The molecule has 0 amide bonds. The van der Waals surface area contributed by atoms with E-state index in [1.54, 1.807) is 0 Å². The van der Waals surface area contributed by atoms with Gasteiger partial charge in [-0.3, -0.25) is 0 Å². The van der Waals surface area contributed by atoms with Gasteiger partial charge in [0.15, 0.2) is 5.06 Å². The number of benzene rings is 1. The van der Waals surface area contributed by atoms with Crippen LogP contribution in [0.15, 0.2) is 30.3 Å². The molecular formula is C15H22ClNO. The fraction of sp³-hybridized carbons (Fsp3) is 0.600. The van der Waals surface area contributed by atoms with Gasteiger partial charge in [-0.2, -0.15) is 0 Å². The topological polar surface area (TPSA) is 12.5 Å². The minimum atomic E-state index is -0.612. The lowest BCUT2D eigenvalue weighted by Gasteiger charge is -2.30. The van der Waals surface area contributed by atoms with Crippen molar-refractivity contribution in [1.82, 2.24) is 4.90 Å². The number of ether oxygens (including phenoxy) is 1. The predicted octanol–water partition coefficient (Wildman–Crippen LogP) is 3.90. The van der Waals surface area contributed by atoms with Crippen LogP contribution in [0, 0.1) is 0 Å². The monoisotopic (exact) mass is 267 g/mol. The Balaban J connectivity index is 1.79. The molecule has 100 valence electrons. The molecule has 1 aliphatic rings. The van der Waals surface area contributed by atoms with Crippen LogP contribution in [0.3, 0.4) is 0 Å². The zero-order valence-corrected chi connectivity index (χ0v) is 11.8. The molecule has 1 aromatic carbocycles. The van der Waals surface area contributed by atoms with Crippen LogP contribution in [0.4, 0.5) is 0 Å². The lowest BCUT2D eigenvalue weighted by molar-refractivity contribution is 0.133. The summed E-state index contributed by atoms with van der Waals surface area (Å²) < 4.78 is 5.83. The molecule has 1 unspecified atom stereocenters. The Morgan fingerprint density at radius 1 is 1.17 bits per heavy atom. The number of rotatable bonds is 5. The summed E-state index contributed by atoms with van der Waals surface area (Å²) in [4.78, 5) is 2.48. The van der Waals surface area contributed by atoms with E-state index in [0.29, 0.717) is 0 Å². The summed E-state index contributed by atoms with van der Waals surface area (Å²) >= 11 is 6.44. The summed E-state index contributed by atoms with van der Waals surface area (Å²) in [6, 6.07) is 9.80. The maximum absolute atomic E-state index is 6.44. The number of hydrogen-bond acceptors (Lipinski definition) is 2. The molecule has 0 aliphatic carbocycles. The summed E-state index contributed by atoms with van der Waals surface area (Å²) in [5.41, 5.74) is 0. The largest absolute Gasteiger partial charge is 0.472 e. The van der Waals surface area contributed by atoms with Crippen LogP contribution in [-0.2, 0) is 0 Å². The van der Waals surface area contributed by atoms with E-state index in [1.165, 1.54) is 32.4 Å². The van der Waals surface area contributed by atoms with Crippen LogP contribution in [0.1, 0.15) is 32.6 Å². The third-order valence-corrected chi connectivity index (χ3v) is 3.66. The standard InChI is InChI=1S/C15H22ClNO/c1-15(16,18-14-8-4-2-5-9-14)10-13-17-11-6-3-7-12-17/h2,4-5,8-9H,3,6-7,10-13H2,1H3. The highest BCUT2D eigenvalue weighted by Crippen LogP contribution is 2.25. The maximum atomic E-state index is 6.44. The van der Waals surface area contributed by atoms with Crippen LogP contribution in [0.2, 0.25) is 0 Å². The second kappa shape index (κ2) is 6.44. The van der Waals surface area contributed by atoms with Crippen molar-refractivity contribution < 1.29 is 4.74 Å². The van der Waals surface area contributed by atoms with Crippen molar-refractivity contribution in [3.05, 3.63) is 30.3 Å². The Hall–Kier alpha value is -0.730. The van der Waals surface area contributed by atoms with Crippen molar-refractivity contribution >= 4 is 11.6 Å². The first kappa shape index (κ1) is 13.7. The first-order chi connectivity index (χ1) is 8.66. The van der Waals surface area contributed by atoms with Gasteiger partial charge in [-0.05, 0) is 45.0 Å². The van der Waals surface area contributed by atoms with Crippen LogP contribution in [-0.4, -0.2) is 29.6 Å². The van der Waals surface area contributed by atoms with Crippen molar-refractivity contribution in [2.24, 2.45) is 0 Å². The molecule has 0 saturated carbocycles. The second-order valence-electron chi connectivity index (χ2n) is 5.17. The number of likely N-dealkylation sites (tertiary alicyclic amines) is 1. The first-order valence-electron chi connectivity index (χ1n) is 6.81. The first-order valence-corrected chi connectivity index (χ1v) is 7.19. The molecular weight excluding hydrogens is 246 g/mol. The molecule has 3 heteroatoms. The van der Waals surface area contributed by atoms with Gasteiger partial charge in [0.05, 0.1) is 0 Å². The Morgan fingerprint density at radius 3 is 2.50 bits per heavy atom. The van der Waals surface area contributed by atoms with Gasteiger partial charge in [-0.15, -0.1) is 0 Å². The summed E-state index contributed by atoms with van der Waals surface area (Å²) in [6.07, 6.45) is 4.86. The number of para-hydroxylation sites is 1. The highest BCUT2D eigenvalue weighted by molar-refractivity contribution is 6.22. The summed E-state index contributed by atoms with van der Waals surface area (Å²) in [5, 5.41) is -0.612. The predicted molar refractivity (Wildman–Crippen MR) is 76.2 cm³/mol. The molecule has 2 rings (SSSR count). The molecule has 0 bridgehead atoms. The molecule has 1 fully saturated rings. The van der Waals surface area contributed by atoms with E-state index in [2.05, 4.69) is 4.90 Å². The van der Waals surface area contributed by atoms with Gasteiger partial charge in [-0.1, -0.05) is 36.2 Å². The van der Waals surface area contributed by atoms with E-state index >= 15 is 0 Å². The number of hydrogen-bond donors (Lipinski definition) is 0. The number of nitrogens with zero attached hydrogens (tertiary/aromatic N) is 1. The minimum Gasteiger partial charge on any atom is -0.472 e. The van der Waals surface area contributed by atoms with Gasteiger partial charge in [-0.25, -0.2) is 0 Å². The quantitative estimate of drug-likeness (QED) is 0.751. The highest BCUT2D eigenvalue weighted by atomic mass is 35.5. The number of halogens is 1. The Morgan fingerprint density at radius 2 is 1.83 bits per heavy atom. The van der Waals surface area contributed by atoms with Gasteiger partial charge in [0.25, 0.3) is 0 Å². The van der Waals surface area contributed by atoms with Crippen LogP contribution >= 0.6 is 11.6 Å². The Kier molecular flexibility index (Phi) is 4.90. The highest BCUT2D eigenvalue weighted by Gasteiger charge is 2.24. The molecule has 1 atom stereocenters. The molecule has 0 spiro atoms. The molecule has 1 aromatic rings. The van der Waals surface area contributed by atoms with Gasteiger partial charge >= 0.3 is 0 Å². The Labute approximate surface area is 115 Å². The average Bonchev–Trinajstić information content (AvgIpc) is 2.38. The zero-order chi connectivity index (χ0) is 12.8. The van der Waals surface area contributed by atoms with Crippen LogP contribution < -0.4 is 4.74 Å². The van der Waals surface area contributed by atoms with Crippen molar-refractivity contribution in [3.8, 4) is 5.75 Å². The normalized spacial score (nSPS) is 20.3. The van der Waals surface area contributed by atoms with E-state index in [1.807, 2.05) is 37.3 Å². The number of alkyl halides is 1. The lowest BCUT2D eigenvalue weighted by Crippen LogP contribution is -2.36. The number of piperidine rings is 1. The van der Waals surface area contributed by atoms with E-state index < -0.39 is 5.06 Å². The average molecular weight is 268 g/mol. The summed E-state index contributed by atoms with van der Waals surface area (Å²) in [5.74, 6) is 0.841. The van der Waals surface area contributed by atoms with Crippen LogP contribution in [0.25, 0.3) is 0 Å². The Bertz CT molecular complexity index is 347. The third-order valence-electron chi connectivity index (χ3n) is 3.40.